The lowest BCUT2D eigenvalue weighted by atomic mass is 10.1. The van der Waals surface area contributed by atoms with Crippen molar-refractivity contribution in [2.24, 2.45) is 0 Å². The molecule has 3 rings (SSSR count). The van der Waals surface area contributed by atoms with Crippen molar-refractivity contribution >= 4 is 23.4 Å². The molecule has 2 aromatic carbocycles. The summed E-state index contributed by atoms with van der Waals surface area (Å²) < 4.78 is 0. The third-order valence-electron chi connectivity index (χ3n) is 5.32. The number of carbonyl (C=O) groups is 3. The molecule has 0 spiro atoms. The summed E-state index contributed by atoms with van der Waals surface area (Å²) in [5, 5.41) is 2.87. The molecule has 0 aliphatic carbocycles. The molecule has 1 fully saturated rings. The van der Waals surface area contributed by atoms with Crippen LogP contribution in [-0.4, -0.2) is 79.2 Å². The molecule has 0 saturated carbocycles. The Hall–Kier alpha value is -3.19. The van der Waals surface area contributed by atoms with Crippen molar-refractivity contribution in [1.82, 2.24) is 14.7 Å². The van der Waals surface area contributed by atoms with E-state index in [0.29, 0.717) is 37.4 Å². The zero-order valence-electron chi connectivity index (χ0n) is 18.6. The van der Waals surface area contributed by atoms with Gasteiger partial charge in [-0.25, -0.2) is 0 Å². The molecular weight excluding hydrogens is 392 g/mol. The predicted molar refractivity (Wildman–Crippen MR) is 121 cm³/mol. The van der Waals surface area contributed by atoms with E-state index in [9.17, 15) is 14.4 Å². The second kappa shape index (κ2) is 9.75. The van der Waals surface area contributed by atoms with E-state index in [1.165, 1.54) is 4.90 Å². The fraction of sp³-hybridized carbons (Fsp3) is 0.375. The highest BCUT2D eigenvalue weighted by Crippen LogP contribution is 2.14. The van der Waals surface area contributed by atoms with Crippen molar-refractivity contribution in [3.63, 3.8) is 0 Å². The Morgan fingerprint density at radius 2 is 1.45 bits per heavy atom. The number of rotatable bonds is 5. The van der Waals surface area contributed by atoms with Crippen LogP contribution in [0.1, 0.15) is 31.8 Å². The Morgan fingerprint density at radius 1 is 0.871 bits per heavy atom. The van der Waals surface area contributed by atoms with Crippen LogP contribution in [0.5, 0.6) is 0 Å². The number of nitrogens with one attached hydrogen (secondary N) is 1. The van der Waals surface area contributed by atoms with Crippen molar-refractivity contribution in [2.75, 3.05) is 52.1 Å². The molecule has 0 aromatic heterocycles. The van der Waals surface area contributed by atoms with E-state index in [-0.39, 0.29) is 24.3 Å². The summed E-state index contributed by atoms with van der Waals surface area (Å²) in [6, 6.07) is 12.8. The highest BCUT2D eigenvalue weighted by atomic mass is 16.2. The molecule has 1 saturated heterocycles. The zero-order chi connectivity index (χ0) is 22.5. The van der Waals surface area contributed by atoms with E-state index in [1.807, 2.05) is 35.8 Å². The maximum absolute atomic E-state index is 12.8. The molecule has 1 N–H and O–H groups in total. The minimum Gasteiger partial charge on any atom is -0.345 e. The van der Waals surface area contributed by atoms with Crippen LogP contribution >= 0.6 is 0 Å². The molecule has 0 radical (unpaired) electrons. The van der Waals surface area contributed by atoms with Crippen LogP contribution in [0, 0.1) is 13.8 Å². The number of carbonyl (C=O) groups excluding carboxylic acids is 3. The summed E-state index contributed by atoms with van der Waals surface area (Å²) in [5.74, 6) is -0.143. The van der Waals surface area contributed by atoms with Crippen molar-refractivity contribution in [2.45, 2.75) is 13.8 Å². The second-order valence-corrected chi connectivity index (χ2v) is 8.27. The van der Waals surface area contributed by atoms with Crippen LogP contribution in [-0.2, 0) is 4.79 Å². The minimum atomic E-state index is -0.110. The van der Waals surface area contributed by atoms with Gasteiger partial charge in [-0.2, -0.15) is 0 Å². The number of hydrogen-bond acceptors (Lipinski definition) is 4. The van der Waals surface area contributed by atoms with Crippen LogP contribution in [0.2, 0.25) is 0 Å². The Bertz CT molecular complexity index is 941. The fourth-order valence-electron chi connectivity index (χ4n) is 3.75. The van der Waals surface area contributed by atoms with Gasteiger partial charge in [0.25, 0.3) is 11.8 Å². The fourth-order valence-corrected chi connectivity index (χ4v) is 3.75. The third kappa shape index (κ3) is 5.92. The maximum Gasteiger partial charge on any atom is 0.253 e. The van der Waals surface area contributed by atoms with Crippen LogP contribution in [0.4, 0.5) is 5.69 Å². The van der Waals surface area contributed by atoms with Gasteiger partial charge in [-0.1, -0.05) is 17.2 Å². The number of amides is 3. The van der Waals surface area contributed by atoms with Crippen molar-refractivity contribution in [1.29, 1.82) is 0 Å². The maximum atomic E-state index is 12.8. The van der Waals surface area contributed by atoms with E-state index in [2.05, 4.69) is 11.4 Å². The van der Waals surface area contributed by atoms with E-state index in [4.69, 9.17) is 0 Å². The number of aryl methyl sites for hydroxylation is 2. The summed E-state index contributed by atoms with van der Waals surface area (Å²) in [4.78, 5) is 42.6. The summed E-state index contributed by atoms with van der Waals surface area (Å²) in [5.41, 5.74) is 4.12. The first-order chi connectivity index (χ1) is 14.7. The Balaban J connectivity index is 1.48. The van der Waals surface area contributed by atoms with Gasteiger partial charge in [0.05, 0.1) is 6.54 Å². The lowest BCUT2D eigenvalue weighted by molar-refractivity contribution is -0.117. The topological polar surface area (TPSA) is 73.0 Å². The first kappa shape index (κ1) is 22.5. The largest absolute Gasteiger partial charge is 0.345 e. The van der Waals surface area contributed by atoms with Crippen molar-refractivity contribution in [3.05, 3.63) is 64.7 Å². The summed E-state index contributed by atoms with van der Waals surface area (Å²) in [7, 11) is 3.40. The Morgan fingerprint density at radius 3 is 2.00 bits per heavy atom. The smallest absolute Gasteiger partial charge is 0.253 e. The molecule has 0 bridgehead atoms. The Kier molecular flexibility index (Phi) is 7.07. The highest BCUT2D eigenvalue weighted by Gasteiger charge is 2.23. The van der Waals surface area contributed by atoms with E-state index in [0.717, 1.165) is 16.7 Å². The van der Waals surface area contributed by atoms with Gasteiger partial charge in [0.1, 0.15) is 0 Å². The van der Waals surface area contributed by atoms with Gasteiger partial charge in [0.2, 0.25) is 5.91 Å². The standard InChI is InChI=1S/C24H30N4O3/c1-17-13-18(2)15-20(14-17)24(31)28-11-9-27(10-12-28)16-22(29)25-21-7-5-19(6-8-21)23(30)26(3)4/h5-8,13-15H,9-12,16H2,1-4H3,(H,25,29). The van der Waals surface area contributed by atoms with Gasteiger partial charge < -0.3 is 15.1 Å². The molecule has 1 aliphatic heterocycles. The van der Waals surface area contributed by atoms with E-state index in [1.54, 1.807) is 38.4 Å². The predicted octanol–water partition coefficient (Wildman–Crippen LogP) is 2.40. The van der Waals surface area contributed by atoms with Gasteiger partial charge in [-0.15, -0.1) is 0 Å². The number of piperazine rings is 1. The Labute approximate surface area is 183 Å². The molecule has 31 heavy (non-hydrogen) atoms. The van der Waals surface area contributed by atoms with Crippen LogP contribution in [0.15, 0.2) is 42.5 Å². The molecule has 1 heterocycles. The normalized spacial score (nSPS) is 14.3. The molecule has 7 nitrogen and oxygen atoms in total. The van der Waals surface area contributed by atoms with Gasteiger partial charge in [0.15, 0.2) is 0 Å². The zero-order valence-corrected chi connectivity index (χ0v) is 18.6. The van der Waals surface area contributed by atoms with Crippen LogP contribution in [0.3, 0.4) is 0 Å². The molecule has 3 amide bonds. The number of hydrogen-bond donors (Lipinski definition) is 1. The van der Waals surface area contributed by atoms with Crippen LogP contribution in [0.25, 0.3) is 0 Å². The average molecular weight is 423 g/mol. The number of anilines is 1. The summed E-state index contributed by atoms with van der Waals surface area (Å²) in [6.45, 7) is 6.76. The quantitative estimate of drug-likeness (QED) is 0.803. The van der Waals surface area contributed by atoms with Gasteiger partial charge >= 0.3 is 0 Å². The lowest BCUT2D eigenvalue weighted by Gasteiger charge is -2.34. The lowest BCUT2D eigenvalue weighted by Crippen LogP contribution is -2.50. The molecule has 1 aliphatic rings. The first-order valence-corrected chi connectivity index (χ1v) is 10.4. The van der Waals surface area contributed by atoms with Crippen molar-refractivity contribution < 1.29 is 14.4 Å². The average Bonchev–Trinajstić information content (AvgIpc) is 2.73. The first-order valence-electron chi connectivity index (χ1n) is 10.4. The van der Waals surface area contributed by atoms with E-state index >= 15 is 0 Å². The van der Waals surface area contributed by atoms with Gasteiger partial charge in [-0.05, 0) is 50.2 Å². The molecule has 7 heteroatoms. The SMILES string of the molecule is Cc1cc(C)cc(C(=O)N2CCN(CC(=O)Nc3ccc(C(=O)N(C)C)cc3)CC2)c1. The monoisotopic (exact) mass is 422 g/mol. The molecule has 0 atom stereocenters. The van der Waals surface area contributed by atoms with E-state index < -0.39 is 0 Å². The summed E-state index contributed by atoms with van der Waals surface area (Å²) in [6.07, 6.45) is 0. The van der Waals surface area contributed by atoms with Gasteiger partial charge in [0, 0.05) is 57.1 Å². The van der Waals surface area contributed by atoms with Gasteiger partial charge in [-0.3, -0.25) is 19.3 Å². The minimum absolute atomic E-state index is 0.0447. The highest BCUT2D eigenvalue weighted by molar-refractivity contribution is 5.96. The molecule has 2 aromatic rings. The number of nitrogens with zero attached hydrogens (tertiary/aromatic N) is 3. The molecular formula is C24H30N4O3. The van der Waals surface area contributed by atoms with Crippen LogP contribution < -0.4 is 5.32 Å². The summed E-state index contributed by atoms with van der Waals surface area (Å²) >= 11 is 0. The second-order valence-electron chi connectivity index (χ2n) is 8.27. The third-order valence-corrected chi connectivity index (χ3v) is 5.32. The molecule has 164 valence electrons. The molecule has 0 unspecified atom stereocenters. The van der Waals surface area contributed by atoms with Crippen molar-refractivity contribution in [3.8, 4) is 0 Å². The number of benzene rings is 2.